The normalized spacial score (nSPS) is 10.6. The lowest BCUT2D eigenvalue weighted by Crippen LogP contribution is -2.14. The van der Waals surface area contributed by atoms with Gasteiger partial charge in [0.1, 0.15) is 6.26 Å². The van der Waals surface area contributed by atoms with Crippen LogP contribution in [0.4, 0.5) is 0 Å². The van der Waals surface area contributed by atoms with Gasteiger partial charge < -0.3 is 9.84 Å². The minimum absolute atomic E-state index is 0.824. The first kappa shape index (κ1) is 11.2. The summed E-state index contributed by atoms with van der Waals surface area (Å²) in [4.78, 5) is 0. The van der Waals surface area contributed by atoms with Crippen LogP contribution in [0.1, 0.15) is 44.7 Å². The Bertz CT molecular complexity index is 209. The molecule has 80 valence electrons. The van der Waals surface area contributed by atoms with Gasteiger partial charge in [-0.3, -0.25) is 0 Å². The highest BCUT2D eigenvalue weighted by Crippen LogP contribution is 2.01. The molecule has 0 fully saturated rings. The van der Waals surface area contributed by atoms with Crippen molar-refractivity contribution in [3.05, 3.63) is 18.0 Å². The maximum Gasteiger partial charge on any atom is 0.124 e. The summed E-state index contributed by atoms with van der Waals surface area (Å²) < 4.78 is 4.73. The smallest absolute Gasteiger partial charge is 0.124 e. The number of nitrogens with one attached hydrogen (secondary N) is 1. The van der Waals surface area contributed by atoms with Gasteiger partial charge in [-0.1, -0.05) is 37.8 Å². The molecule has 0 aromatic carbocycles. The van der Waals surface area contributed by atoms with Gasteiger partial charge in [-0.2, -0.15) is 0 Å². The van der Waals surface area contributed by atoms with Gasteiger partial charge in [0.25, 0.3) is 0 Å². The van der Waals surface area contributed by atoms with Gasteiger partial charge in [0.15, 0.2) is 0 Å². The molecule has 0 radical (unpaired) electrons. The van der Waals surface area contributed by atoms with E-state index in [-0.39, 0.29) is 0 Å². The fraction of sp³-hybridized carbons (Fsp3) is 0.727. The Balaban J connectivity index is 1.85. The van der Waals surface area contributed by atoms with Crippen LogP contribution in [-0.4, -0.2) is 11.7 Å². The minimum Gasteiger partial charge on any atom is -0.364 e. The van der Waals surface area contributed by atoms with E-state index in [1.165, 1.54) is 32.1 Å². The first-order valence-corrected chi connectivity index (χ1v) is 5.53. The van der Waals surface area contributed by atoms with E-state index in [1.807, 2.05) is 6.07 Å². The monoisotopic (exact) mass is 196 g/mol. The lowest BCUT2D eigenvalue weighted by atomic mass is 10.1. The summed E-state index contributed by atoms with van der Waals surface area (Å²) in [5.74, 6) is 0. The molecule has 14 heavy (non-hydrogen) atoms. The molecular formula is C11H20N2O. The molecule has 0 amide bonds. The second kappa shape index (κ2) is 7.56. The Morgan fingerprint density at radius 3 is 2.86 bits per heavy atom. The molecule has 1 rings (SSSR count). The predicted octanol–water partition coefficient (Wildman–Crippen LogP) is 2.73. The lowest BCUT2D eigenvalue weighted by Gasteiger charge is -2.01. The molecule has 1 aromatic rings. The topological polar surface area (TPSA) is 38.1 Å². The van der Waals surface area contributed by atoms with Gasteiger partial charge in [0.05, 0.1) is 5.69 Å². The van der Waals surface area contributed by atoms with Crippen molar-refractivity contribution in [2.75, 3.05) is 6.54 Å². The molecule has 0 atom stereocenters. The summed E-state index contributed by atoms with van der Waals surface area (Å²) >= 11 is 0. The van der Waals surface area contributed by atoms with Crippen molar-refractivity contribution >= 4 is 0 Å². The second-order valence-corrected chi connectivity index (χ2v) is 3.58. The molecule has 0 aliphatic carbocycles. The van der Waals surface area contributed by atoms with Crippen LogP contribution in [0.3, 0.4) is 0 Å². The molecule has 1 aromatic heterocycles. The largest absolute Gasteiger partial charge is 0.364 e. The number of aromatic nitrogens is 1. The van der Waals surface area contributed by atoms with Crippen molar-refractivity contribution in [3.63, 3.8) is 0 Å². The maximum atomic E-state index is 4.73. The molecule has 3 heteroatoms. The van der Waals surface area contributed by atoms with E-state index >= 15 is 0 Å². The van der Waals surface area contributed by atoms with E-state index in [0.29, 0.717) is 0 Å². The molecule has 0 aliphatic heterocycles. The first-order valence-electron chi connectivity index (χ1n) is 5.53. The molecule has 3 nitrogen and oxygen atoms in total. The van der Waals surface area contributed by atoms with E-state index in [9.17, 15) is 0 Å². The van der Waals surface area contributed by atoms with Crippen molar-refractivity contribution in [1.29, 1.82) is 0 Å². The summed E-state index contributed by atoms with van der Waals surface area (Å²) in [6.45, 7) is 4.14. The van der Waals surface area contributed by atoms with E-state index in [1.54, 1.807) is 6.26 Å². The van der Waals surface area contributed by atoms with Gasteiger partial charge in [0, 0.05) is 12.6 Å². The molecule has 1 heterocycles. The quantitative estimate of drug-likeness (QED) is 0.650. The van der Waals surface area contributed by atoms with Gasteiger partial charge in [0.2, 0.25) is 0 Å². The van der Waals surface area contributed by atoms with Crippen molar-refractivity contribution < 1.29 is 4.52 Å². The van der Waals surface area contributed by atoms with Crippen LogP contribution in [0, 0.1) is 0 Å². The zero-order valence-corrected chi connectivity index (χ0v) is 8.96. The average Bonchev–Trinajstić information content (AvgIpc) is 2.69. The number of unbranched alkanes of at least 4 members (excludes halogenated alkanes) is 4. The third-order valence-electron chi connectivity index (χ3n) is 2.25. The van der Waals surface area contributed by atoms with Crippen LogP contribution >= 0.6 is 0 Å². The fourth-order valence-electron chi connectivity index (χ4n) is 1.40. The summed E-state index contributed by atoms with van der Waals surface area (Å²) in [6.07, 6.45) is 8.24. The van der Waals surface area contributed by atoms with Gasteiger partial charge in [-0.25, -0.2) is 0 Å². The molecule has 0 spiro atoms. The van der Waals surface area contributed by atoms with Gasteiger partial charge in [-0.05, 0) is 13.0 Å². The minimum atomic E-state index is 0.824. The van der Waals surface area contributed by atoms with E-state index < -0.39 is 0 Å². The highest BCUT2D eigenvalue weighted by molar-refractivity contribution is 4.93. The van der Waals surface area contributed by atoms with Crippen LogP contribution in [-0.2, 0) is 6.54 Å². The molecule has 0 unspecified atom stereocenters. The van der Waals surface area contributed by atoms with Gasteiger partial charge in [-0.15, -0.1) is 0 Å². The number of hydrogen-bond donors (Lipinski definition) is 1. The third-order valence-corrected chi connectivity index (χ3v) is 2.25. The Kier molecular flexibility index (Phi) is 6.07. The lowest BCUT2D eigenvalue weighted by molar-refractivity contribution is 0.408. The fourth-order valence-corrected chi connectivity index (χ4v) is 1.40. The van der Waals surface area contributed by atoms with Crippen LogP contribution < -0.4 is 5.32 Å². The predicted molar refractivity (Wildman–Crippen MR) is 57.0 cm³/mol. The summed E-state index contributed by atoms with van der Waals surface area (Å²) in [7, 11) is 0. The van der Waals surface area contributed by atoms with Crippen molar-refractivity contribution in [1.82, 2.24) is 10.5 Å². The molecule has 0 aliphatic rings. The zero-order chi connectivity index (χ0) is 10.1. The zero-order valence-electron chi connectivity index (χ0n) is 8.96. The summed E-state index contributed by atoms with van der Waals surface area (Å²) in [6, 6.07) is 1.89. The third kappa shape index (κ3) is 5.02. The molecule has 0 bridgehead atoms. The van der Waals surface area contributed by atoms with Crippen LogP contribution in [0.25, 0.3) is 0 Å². The molecular weight excluding hydrogens is 176 g/mol. The number of nitrogens with zero attached hydrogens (tertiary/aromatic N) is 1. The first-order chi connectivity index (χ1) is 6.93. The Hall–Kier alpha value is -0.830. The molecule has 0 saturated carbocycles. The van der Waals surface area contributed by atoms with Crippen LogP contribution in [0.2, 0.25) is 0 Å². The van der Waals surface area contributed by atoms with E-state index in [4.69, 9.17) is 4.52 Å². The summed E-state index contributed by atoms with van der Waals surface area (Å²) in [5, 5.41) is 7.17. The number of hydrogen-bond acceptors (Lipinski definition) is 3. The van der Waals surface area contributed by atoms with Crippen LogP contribution in [0.5, 0.6) is 0 Å². The average molecular weight is 196 g/mol. The highest BCUT2D eigenvalue weighted by atomic mass is 16.5. The highest BCUT2D eigenvalue weighted by Gasteiger charge is 1.94. The van der Waals surface area contributed by atoms with Crippen LogP contribution in [0.15, 0.2) is 16.9 Å². The SMILES string of the molecule is CCCCCCCNCc1ccon1. The van der Waals surface area contributed by atoms with Gasteiger partial charge >= 0.3 is 0 Å². The van der Waals surface area contributed by atoms with E-state index in [2.05, 4.69) is 17.4 Å². The van der Waals surface area contributed by atoms with Crippen molar-refractivity contribution in [2.24, 2.45) is 0 Å². The maximum absolute atomic E-state index is 4.73. The summed E-state index contributed by atoms with van der Waals surface area (Å²) in [5.41, 5.74) is 0.985. The Labute approximate surface area is 85.9 Å². The second-order valence-electron chi connectivity index (χ2n) is 3.58. The Morgan fingerprint density at radius 1 is 1.29 bits per heavy atom. The number of rotatable bonds is 8. The molecule has 1 N–H and O–H groups in total. The van der Waals surface area contributed by atoms with Crippen molar-refractivity contribution in [2.45, 2.75) is 45.6 Å². The standard InChI is InChI=1S/C11H20N2O/c1-2-3-4-5-6-8-12-10-11-7-9-14-13-11/h7,9,12H,2-6,8,10H2,1H3. The van der Waals surface area contributed by atoms with E-state index in [0.717, 1.165) is 18.8 Å². The molecule has 0 saturated heterocycles. The Morgan fingerprint density at radius 2 is 2.14 bits per heavy atom. The van der Waals surface area contributed by atoms with Crippen molar-refractivity contribution in [3.8, 4) is 0 Å².